The molecule has 0 fully saturated rings. The van der Waals surface area contributed by atoms with E-state index in [1.54, 1.807) is 11.9 Å². The van der Waals surface area contributed by atoms with Gasteiger partial charge in [0, 0.05) is 29.4 Å². The molecule has 0 amide bonds. The lowest BCUT2D eigenvalue weighted by Crippen LogP contribution is -2.28. The Labute approximate surface area is 314 Å². The van der Waals surface area contributed by atoms with Gasteiger partial charge >= 0.3 is 0 Å². The number of aliphatic imine (C=N–C) groups is 1. The van der Waals surface area contributed by atoms with Gasteiger partial charge in [-0.15, -0.1) is 0 Å². The van der Waals surface area contributed by atoms with Crippen molar-refractivity contribution in [1.82, 2.24) is 9.62 Å². The maximum Gasteiger partial charge on any atom is 0.143 e. The predicted octanol–water partition coefficient (Wildman–Crippen LogP) is 11.5. The van der Waals surface area contributed by atoms with E-state index in [9.17, 15) is 0 Å². The molecule has 0 aromatic heterocycles. The van der Waals surface area contributed by atoms with E-state index in [0.717, 1.165) is 39.7 Å². The highest BCUT2D eigenvalue weighted by molar-refractivity contribution is 7.97. The van der Waals surface area contributed by atoms with Gasteiger partial charge in [-0.1, -0.05) is 140 Å². The van der Waals surface area contributed by atoms with Gasteiger partial charge in [-0.05, 0) is 115 Å². The van der Waals surface area contributed by atoms with Crippen LogP contribution in [0.4, 0.5) is 0 Å². The fourth-order valence-corrected chi connectivity index (χ4v) is 9.27. The van der Waals surface area contributed by atoms with Crippen molar-refractivity contribution in [1.29, 1.82) is 0 Å². The third-order valence-corrected chi connectivity index (χ3v) is 11.8. The van der Waals surface area contributed by atoms with Crippen molar-refractivity contribution in [2.24, 2.45) is 4.99 Å². The quantitative estimate of drug-likeness (QED) is 0.181. The molecule has 3 aliphatic heterocycles. The maximum absolute atomic E-state index is 4.86. The molecule has 10 rings (SSSR count). The van der Waals surface area contributed by atoms with Crippen LogP contribution < -0.4 is 5.32 Å². The second-order valence-corrected chi connectivity index (χ2v) is 14.8. The summed E-state index contributed by atoms with van der Waals surface area (Å²) >= 11 is 1.68. The van der Waals surface area contributed by atoms with E-state index in [1.807, 2.05) is 6.07 Å². The van der Waals surface area contributed by atoms with Crippen molar-refractivity contribution in [3.05, 3.63) is 228 Å². The smallest absolute Gasteiger partial charge is 0.143 e. The Hall–Kier alpha value is -6.36. The summed E-state index contributed by atoms with van der Waals surface area (Å²) < 4.78 is 2.16. The maximum atomic E-state index is 4.86. The normalized spacial score (nSPS) is 16.3. The summed E-state index contributed by atoms with van der Waals surface area (Å²) in [6.45, 7) is 5.11. The number of benzene rings is 6. The molecule has 4 heteroatoms. The average molecular weight is 698 g/mol. The van der Waals surface area contributed by atoms with Crippen molar-refractivity contribution in [2.75, 3.05) is 6.54 Å². The molecule has 1 N–H and O–H groups in total. The fourth-order valence-electron chi connectivity index (χ4n) is 8.27. The zero-order chi connectivity index (χ0) is 35.4. The van der Waals surface area contributed by atoms with Crippen molar-refractivity contribution in [3.63, 3.8) is 0 Å². The van der Waals surface area contributed by atoms with Crippen LogP contribution in [-0.2, 0) is 5.41 Å². The van der Waals surface area contributed by atoms with E-state index in [-0.39, 0.29) is 0 Å². The Morgan fingerprint density at radius 3 is 1.96 bits per heavy atom. The lowest BCUT2D eigenvalue weighted by atomic mass is 9.67. The van der Waals surface area contributed by atoms with Crippen LogP contribution in [0, 0.1) is 0 Å². The zero-order valence-electron chi connectivity index (χ0n) is 29.0. The first-order valence-corrected chi connectivity index (χ1v) is 18.8. The topological polar surface area (TPSA) is 27.6 Å². The summed E-state index contributed by atoms with van der Waals surface area (Å²) in [5.74, 6) is 0.877. The van der Waals surface area contributed by atoms with E-state index >= 15 is 0 Å². The first-order chi connectivity index (χ1) is 26.2. The van der Waals surface area contributed by atoms with Gasteiger partial charge in [0.1, 0.15) is 5.84 Å². The van der Waals surface area contributed by atoms with Crippen molar-refractivity contribution < 1.29 is 0 Å². The summed E-state index contributed by atoms with van der Waals surface area (Å²) in [5.41, 5.74) is 16.1. The molecular formula is C49H35N3S. The molecule has 252 valence electrons. The molecule has 6 aromatic rings. The molecule has 0 bridgehead atoms. The zero-order valence-corrected chi connectivity index (χ0v) is 29.9. The minimum Gasteiger partial charge on any atom is -0.387 e. The van der Waals surface area contributed by atoms with E-state index < -0.39 is 5.41 Å². The number of nitrogens with one attached hydrogen (secondary N) is 1. The second kappa shape index (κ2) is 12.7. The molecule has 1 aliphatic carbocycles. The van der Waals surface area contributed by atoms with Gasteiger partial charge < -0.3 is 5.32 Å². The number of allylic oxidation sites excluding steroid dienone is 4. The van der Waals surface area contributed by atoms with Crippen LogP contribution in [0.15, 0.2) is 199 Å². The molecule has 6 aromatic carbocycles. The van der Waals surface area contributed by atoms with Gasteiger partial charge in [0.05, 0.1) is 11.1 Å². The SMILES string of the molecule is C=C1N=C2C=CC(c3cccc(-c4ccc5c(c4)C(c4ccccc4)(c4ccccc4)c4cc(C6=CNCC=C6)ccc4-5)c3)=CN2Sc2ccccc21. The number of nitrogens with zero attached hydrogens (tertiary/aromatic N) is 2. The van der Waals surface area contributed by atoms with Crippen LogP contribution in [-0.4, -0.2) is 16.7 Å². The van der Waals surface area contributed by atoms with Gasteiger partial charge in [-0.3, -0.25) is 4.31 Å². The highest BCUT2D eigenvalue weighted by Crippen LogP contribution is 2.57. The molecule has 3 heterocycles. The van der Waals surface area contributed by atoms with Gasteiger partial charge in [0.2, 0.25) is 0 Å². The lowest BCUT2D eigenvalue weighted by molar-refractivity contribution is 0.768. The monoisotopic (exact) mass is 697 g/mol. The van der Waals surface area contributed by atoms with Crippen LogP contribution in [0.2, 0.25) is 0 Å². The highest BCUT2D eigenvalue weighted by Gasteiger charge is 2.46. The minimum atomic E-state index is -0.502. The van der Waals surface area contributed by atoms with Crippen LogP contribution in [0.3, 0.4) is 0 Å². The molecule has 0 saturated heterocycles. The number of dihydropyridines is 1. The Morgan fingerprint density at radius 2 is 1.23 bits per heavy atom. The van der Waals surface area contributed by atoms with Crippen molar-refractivity contribution in [2.45, 2.75) is 10.3 Å². The summed E-state index contributed by atoms with van der Waals surface area (Å²) in [6.07, 6.45) is 13.0. The number of amidine groups is 1. The molecule has 0 saturated carbocycles. The van der Waals surface area contributed by atoms with Crippen LogP contribution in [0.5, 0.6) is 0 Å². The Balaban J connectivity index is 1.11. The van der Waals surface area contributed by atoms with Gasteiger partial charge in [0.15, 0.2) is 0 Å². The van der Waals surface area contributed by atoms with Crippen molar-refractivity contribution >= 4 is 34.6 Å². The number of rotatable bonds is 5. The third kappa shape index (κ3) is 5.17. The molecule has 0 spiro atoms. The van der Waals surface area contributed by atoms with Crippen LogP contribution in [0.25, 0.3) is 39.1 Å². The largest absolute Gasteiger partial charge is 0.387 e. The molecule has 0 radical (unpaired) electrons. The Kier molecular flexibility index (Phi) is 7.52. The van der Waals surface area contributed by atoms with Crippen molar-refractivity contribution in [3.8, 4) is 22.3 Å². The highest BCUT2D eigenvalue weighted by atomic mass is 32.2. The fraction of sp³-hybridized carbons (Fsp3) is 0.0408. The summed E-state index contributed by atoms with van der Waals surface area (Å²) in [5, 5.41) is 3.41. The number of hydrogen-bond donors (Lipinski definition) is 1. The first kappa shape index (κ1) is 31.4. The number of fused-ring (bicyclic) bond motifs is 5. The minimum absolute atomic E-state index is 0.502. The summed E-state index contributed by atoms with van der Waals surface area (Å²) in [6, 6.07) is 53.4. The molecular weight excluding hydrogens is 663 g/mol. The average Bonchev–Trinajstić information content (AvgIpc) is 3.43. The third-order valence-electron chi connectivity index (χ3n) is 10.7. The van der Waals surface area contributed by atoms with E-state index in [1.165, 1.54) is 55.6 Å². The van der Waals surface area contributed by atoms with Gasteiger partial charge in [0.25, 0.3) is 0 Å². The Morgan fingerprint density at radius 1 is 0.585 bits per heavy atom. The summed E-state index contributed by atoms with van der Waals surface area (Å²) in [7, 11) is 0. The molecule has 3 nitrogen and oxygen atoms in total. The molecule has 0 unspecified atom stereocenters. The summed E-state index contributed by atoms with van der Waals surface area (Å²) in [4.78, 5) is 6.01. The van der Waals surface area contributed by atoms with Gasteiger partial charge in [-0.2, -0.15) is 0 Å². The van der Waals surface area contributed by atoms with Crippen LogP contribution >= 0.6 is 11.9 Å². The van der Waals surface area contributed by atoms with E-state index in [2.05, 4.69) is 192 Å². The molecule has 0 atom stereocenters. The number of hydrogen-bond acceptors (Lipinski definition) is 4. The predicted molar refractivity (Wildman–Crippen MR) is 222 cm³/mol. The van der Waals surface area contributed by atoms with Gasteiger partial charge in [-0.25, -0.2) is 4.99 Å². The van der Waals surface area contributed by atoms with Crippen LogP contribution in [0.1, 0.15) is 38.9 Å². The molecule has 53 heavy (non-hydrogen) atoms. The lowest BCUT2D eigenvalue weighted by Gasteiger charge is -2.34. The standard InChI is InChI=1S/C49H35N3S/c1-33-42-19-8-9-20-47(42)53-52-32-39(23-26-48(52)51-33)35-13-10-12-34(28-35)36-21-24-43-44-25-22-37(38-14-11-27-50-31-38)30-46(44)49(45(43)29-36,40-15-4-2-5-16-40)41-17-6-3-7-18-41/h2-26,28-32,50H,1,27H2. The van der Waals surface area contributed by atoms with E-state index in [4.69, 9.17) is 4.99 Å². The van der Waals surface area contributed by atoms with E-state index in [0.29, 0.717) is 0 Å². The Bertz CT molecular complexity index is 2570. The first-order valence-electron chi connectivity index (χ1n) is 18.0. The second-order valence-electron chi connectivity index (χ2n) is 13.7. The molecule has 4 aliphatic rings.